The molecule has 18 heavy (non-hydrogen) atoms. The minimum atomic E-state index is -0.841. The van der Waals surface area contributed by atoms with Gasteiger partial charge in [0.1, 0.15) is 11.4 Å². The van der Waals surface area contributed by atoms with Crippen molar-refractivity contribution in [3.63, 3.8) is 0 Å². The molecule has 1 aliphatic heterocycles. The highest BCUT2D eigenvalue weighted by Crippen LogP contribution is 2.34. The summed E-state index contributed by atoms with van der Waals surface area (Å²) in [6, 6.07) is 0. The maximum absolute atomic E-state index is 11.5. The molecule has 5 nitrogen and oxygen atoms in total. The van der Waals surface area contributed by atoms with Crippen molar-refractivity contribution in [2.45, 2.75) is 51.5 Å². The number of piperidine rings is 1. The van der Waals surface area contributed by atoms with Crippen LogP contribution in [0.3, 0.4) is 0 Å². The van der Waals surface area contributed by atoms with Crippen molar-refractivity contribution in [2.24, 2.45) is 0 Å². The van der Waals surface area contributed by atoms with E-state index in [4.69, 9.17) is 0 Å². The van der Waals surface area contributed by atoms with Gasteiger partial charge in [-0.15, -0.1) is 0 Å². The third kappa shape index (κ3) is 2.21. The van der Waals surface area contributed by atoms with Crippen molar-refractivity contribution in [1.82, 2.24) is 9.36 Å². The molecule has 0 saturated carbocycles. The molecule has 1 aliphatic rings. The molecule has 2 heterocycles. The molecule has 1 saturated heterocycles. The second-order valence-corrected chi connectivity index (χ2v) is 6.01. The topological polar surface area (TPSA) is 66.3 Å². The van der Waals surface area contributed by atoms with Gasteiger partial charge in [-0.25, -0.2) is 9.78 Å². The summed E-state index contributed by atoms with van der Waals surface area (Å²) in [5.74, 6) is 0.299. The van der Waals surface area contributed by atoms with Crippen molar-refractivity contribution >= 4 is 22.6 Å². The second kappa shape index (κ2) is 4.84. The molecule has 1 aromatic heterocycles. The van der Waals surface area contributed by atoms with Crippen molar-refractivity contribution in [1.29, 1.82) is 0 Å². The summed E-state index contributed by atoms with van der Waals surface area (Å²) in [5, 5.41) is 10.2. The van der Waals surface area contributed by atoms with Gasteiger partial charge in [0, 0.05) is 24.0 Å². The first-order chi connectivity index (χ1) is 8.45. The van der Waals surface area contributed by atoms with Crippen LogP contribution >= 0.6 is 11.5 Å². The Labute approximate surface area is 111 Å². The highest BCUT2D eigenvalue weighted by molar-refractivity contribution is 7.09. The average Bonchev–Trinajstić information content (AvgIpc) is 2.78. The Kier molecular flexibility index (Phi) is 3.56. The van der Waals surface area contributed by atoms with Gasteiger partial charge in [0.05, 0.1) is 0 Å². The Balaban J connectivity index is 2.31. The van der Waals surface area contributed by atoms with E-state index < -0.39 is 11.5 Å². The number of hydrogen-bond donors (Lipinski definition) is 1. The molecular formula is C12H19N3O2S. The number of anilines is 1. The van der Waals surface area contributed by atoms with Crippen molar-refractivity contribution < 1.29 is 9.90 Å². The largest absolute Gasteiger partial charge is 0.480 e. The smallest absolute Gasteiger partial charge is 0.329 e. The van der Waals surface area contributed by atoms with Gasteiger partial charge in [-0.05, 0) is 26.2 Å². The van der Waals surface area contributed by atoms with E-state index in [2.05, 4.69) is 9.36 Å². The van der Waals surface area contributed by atoms with E-state index in [1.165, 1.54) is 11.5 Å². The van der Waals surface area contributed by atoms with Gasteiger partial charge in [-0.2, -0.15) is 4.37 Å². The number of aliphatic carboxylic acids is 1. The molecule has 1 unspecified atom stereocenters. The first-order valence-electron chi connectivity index (χ1n) is 6.30. The van der Waals surface area contributed by atoms with Gasteiger partial charge in [-0.1, -0.05) is 13.8 Å². The van der Waals surface area contributed by atoms with Gasteiger partial charge in [0.25, 0.3) is 0 Å². The number of carbonyl (C=O) groups is 1. The minimum absolute atomic E-state index is 0.274. The van der Waals surface area contributed by atoms with E-state index in [-0.39, 0.29) is 5.92 Å². The van der Waals surface area contributed by atoms with Crippen LogP contribution in [0.1, 0.15) is 51.8 Å². The lowest BCUT2D eigenvalue weighted by atomic mass is 9.89. The van der Waals surface area contributed by atoms with Crippen LogP contribution in [0.15, 0.2) is 0 Å². The molecule has 1 N–H and O–H groups in total. The first-order valence-corrected chi connectivity index (χ1v) is 7.07. The van der Waals surface area contributed by atoms with Gasteiger partial charge in [-0.3, -0.25) is 0 Å². The normalized spacial score (nSPS) is 24.6. The zero-order valence-corrected chi connectivity index (χ0v) is 11.8. The van der Waals surface area contributed by atoms with E-state index in [0.717, 1.165) is 30.3 Å². The molecule has 1 aromatic rings. The van der Waals surface area contributed by atoms with E-state index in [1.54, 1.807) is 6.92 Å². The lowest BCUT2D eigenvalue weighted by Gasteiger charge is -2.41. The van der Waals surface area contributed by atoms with Gasteiger partial charge >= 0.3 is 5.97 Å². The van der Waals surface area contributed by atoms with Crippen LogP contribution in [-0.4, -0.2) is 32.5 Å². The lowest BCUT2D eigenvalue weighted by molar-refractivity contribution is -0.143. The summed E-state index contributed by atoms with van der Waals surface area (Å²) < 4.78 is 4.31. The lowest BCUT2D eigenvalue weighted by Crippen LogP contribution is -2.55. The standard InChI is InChI=1S/C12H19N3O2S/c1-8(2)9-13-11(18-14-9)15-7-5-4-6-12(15,3)10(16)17/h8H,4-7H2,1-3H3,(H,16,17). The predicted molar refractivity (Wildman–Crippen MR) is 71.2 cm³/mol. The van der Waals surface area contributed by atoms with Crippen molar-refractivity contribution in [2.75, 3.05) is 11.4 Å². The zero-order chi connectivity index (χ0) is 13.3. The molecule has 0 radical (unpaired) electrons. The monoisotopic (exact) mass is 269 g/mol. The zero-order valence-electron chi connectivity index (χ0n) is 11.0. The molecule has 100 valence electrons. The Morgan fingerprint density at radius 1 is 1.50 bits per heavy atom. The van der Waals surface area contributed by atoms with Crippen molar-refractivity contribution in [3.05, 3.63) is 5.82 Å². The fourth-order valence-electron chi connectivity index (χ4n) is 2.22. The summed E-state index contributed by atoms with van der Waals surface area (Å²) in [6.45, 7) is 6.61. The highest BCUT2D eigenvalue weighted by Gasteiger charge is 2.42. The maximum atomic E-state index is 11.5. The average molecular weight is 269 g/mol. The number of rotatable bonds is 3. The summed E-state index contributed by atoms with van der Waals surface area (Å²) in [6.07, 6.45) is 2.63. The number of nitrogens with zero attached hydrogens (tertiary/aromatic N) is 3. The van der Waals surface area contributed by atoms with Crippen molar-refractivity contribution in [3.8, 4) is 0 Å². The third-order valence-electron chi connectivity index (χ3n) is 3.53. The summed E-state index contributed by atoms with van der Waals surface area (Å²) in [5.41, 5.74) is -0.841. The molecule has 0 aliphatic carbocycles. The van der Waals surface area contributed by atoms with Crippen LogP contribution < -0.4 is 4.90 Å². The Hall–Kier alpha value is -1.17. The number of carboxylic acid groups (broad SMARTS) is 1. The molecule has 0 aromatic carbocycles. The molecule has 0 amide bonds. The van der Waals surface area contributed by atoms with Crippen LogP contribution in [0.2, 0.25) is 0 Å². The van der Waals surface area contributed by atoms with E-state index >= 15 is 0 Å². The molecule has 1 fully saturated rings. The third-order valence-corrected chi connectivity index (χ3v) is 4.28. The first kappa shape index (κ1) is 13.3. The predicted octanol–water partition coefficient (Wildman–Crippen LogP) is 2.50. The molecular weight excluding hydrogens is 250 g/mol. The SMILES string of the molecule is CC(C)c1nsc(N2CCCCC2(C)C(=O)O)n1. The van der Waals surface area contributed by atoms with Crippen LogP contribution in [0.4, 0.5) is 5.13 Å². The summed E-state index contributed by atoms with van der Waals surface area (Å²) in [7, 11) is 0. The molecule has 2 rings (SSSR count). The maximum Gasteiger partial charge on any atom is 0.329 e. The Bertz CT molecular complexity index is 446. The van der Waals surface area contributed by atoms with Gasteiger partial charge < -0.3 is 10.0 Å². The number of carboxylic acids is 1. The van der Waals surface area contributed by atoms with E-state index in [1.807, 2.05) is 18.7 Å². The Morgan fingerprint density at radius 2 is 2.22 bits per heavy atom. The van der Waals surface area contributed by atoms with Gasteiger partial charge in [0.2, 0.25) is 5.13 Å². The second-order valence-electron chi connectivity index (χ2n) is 5.28. The molecule has 6 heteroatoms. The quantitative estimate of drug-likeness (QED) is 0.913. The minimum Gasteiger partial charge on any atom is -0.480 e. The summed E-state index contributed by atoms with van der Waals surface area (Å²) >= 11 is 1.31. The van der Waals surface area contributed by atoms with Crippen LogP contribution in [0.5, 0.6) is 0 Å². The molecule has 1 atom stereocenters. The number of aromatic nitrogens is 2. The fraction of sp³-hybridized carbons (Fsp3) is 0.750. The van der Waals surface area contributed by atoms with E-state index in [9.17, 15) is 9.90 Å². The number of hydrogen-bond acceptors (Lipinski definition) is 5. The molecule has 0 bridgehead atoms. The van der Waals surface area contributed by atoms with E-state index in [0.29, 0.717) is 6.42 Å². The highest BCUT2D eigenvalue weighted by atomic mass is 32.1. The van der Waals surface area contributed by atoms with Crippen LogP contribution in [-0.2, 0) is 4.79 Å². The fourth-order valence-corrected chi connectivity index (χ4v) is 3.17. The summed E-state index contributed by atoms with van der Waals surface area (Å²) in [4.78, 5) is 17.9. The van der Waals surface area contributed by atoms with Crippen LogP contribution in [0.25, 0.3) is 0 Å². The molecule has 0 spiro atoms. The van der Waals surface area contributed by atoms with Gasteiger partial charge in [0.15, 0.2) is 0 Å². The van der Waals surface area contributed by atoms with Crippen LogP contribution in [0, 0.1) is 0 Å². The Morgan fingerprint density at radius 3 is 2.78 bits per heavy atom.